The molecule has 150 valence electrons. The summed E-state index contributed by atoms with van der Waals surface area (Å²) < 4.78 is 16.0. The van der Waals surface area contributed by atoms with Crippen molar-refractivity contribution < 1.29 is 8.95 Å². The average molecular weight is 373 g/mol. The largest absolute Gasteiger partial charge is 0.384 e. The molecule has 0 atom stereocenters. The smallest absolute Gasteiger partial charge is 0.0876 e. The molecule has 0 aromatic rings. The molecular formula is C22H44O2S. The van der Waals surface area contributed by atoms with E-state index in [0.717, 1.165) is 17.7 Å². The predicted octanol–water partition coefficient (Wildman–Crippen LogP) is 7.06. The highest BCUT2D eigenvalue weighted by Crippen LogP contribution is 2.14. The highest BCUT2D eigenvalue weighted by Gasteiger charge is 1.99. The Balaban J connectivity index is 3.15. The monoisotopic (exact) mass is 372 g/mol. The van der Waals surface area contributed by atoms with E-state index in [1.54, 1.807) is 7.11 Å². The van der Waals surface area contributed by atoms with E-state index in [-0.39, 0.29) is 0 Å². The van der Waals surface area contributed by atoms with Gasteiger partial charge in [0, 0.05) is 18.4 Å². The minimum Gasteiger partial charge on any atom is -0.384 e. The van der Waals surface area contributed by atoms with Crippen LogP contribution in [0.3, 0.4) is 0 Å². The van der Waals surface area contributed by atoms with E-state index in [9.17, 15) is 4.21 Å². The fourth-order valence-electron chi connectivity index (χ4n) is 3.29. The van der Waals surface area contributed by atoms with Crippen LogP contribution in [0.4, 0.5) is 0 Å². The predicted molar refractivity (Wildman–Crippen MR) is 114 cm³/mol. The first-order valence-electron chi connectivity index (χ1n) is 11.0. The Morgan fingerprint density at radius 3 is 1.40 bits per heavy atom. The molecule has 3 heteroatoms. The van der Waals surface area contributed by atoms with Gasteiger partial charge in [-0.15, -0.1) is 0 Å². The van der Waals surface area contributed by atoms with Gasteiger partial charge in [-0.1, -0.05) is 103 Å². The Kier molecular flexibility index (Phi) is 21.8. The fourth-order valence-corrected chi connectivity index (χ4v) is 3.69. The number of rotatable bonds is 20. The van der Waals surface area contributed by atoms with Crippen molar-refractivity contribution in [2.24, 2.45) is 0 Å². The zero-order valence-corrected chi connectivity index (χ0v) is 18.0. The van der Waals surface area contributed by atoms with Gasteiger partial charge in [0.25, 0.3) is 0 Å². The Morgan fingerprint density at radius 2 is 1.04 bits per heavy atom. The minimum atomic E-state index is 0.684. The van der Waals surface area contributed by atoms with E-state index in [0.29, 0.717) is 17.9 Å². The van der Waals surface area contributed by atoms with Gasteiger partial charge in [-0.05, 0) is 12.8 Å². The van der Waals surface area contributed by atoms with Crippen LogP contribution < -0.4 is 0 Å². The van der Waals surface area contributed by atoms with Gasteiger partial charge in [-0.2, -0.15) is 0 Å². The molecule has 0 saturated carbocycles. The van der Waals surface area contributed by atoms with Gasteiger partial charge in [0.1, 0.15) is 0 Å². The maximum atomic E-state index is 11.0. The molecule has 0 radical (unpaired) electrons. The zero-order chi connectivity index (χ0) is 18.4. The van der Waals surface area contributed by atoms with Crippen molar-refractivity contribution in [2.75, 3.05) is 13.7 Å². The average Bonchev–Trinajstić information content (AvgIpc) is 2.63. The van der Waals surface area contributed by atoms with Crippen LogP contribution in [0.25, 0.3) is 0 Å². The van der Waals surface area contributed by atoms with Crippen LogP contribution in [0.15, 0.2) is 0 Å². The Hall–Kier alpha value is -0.150. The van der Waals surface area contributed by atoms with Crippen LogP contribution in [0.1, 0.15) is 122 Å². The summed E-state index contributed by atoms with van der Waals surface area (Å²) in [4.78, 5) is 1.06. The molecule has 0 aromatic carbocycles. The van der Waals surface area contributed by atoms with Crippen molar-refractivity contribution in [3.8, 4) is 0 Å². The van der Waals surface area contributed by atoms with Crippen LogP contribution >= 0.6 is 0 Å². The molecule has 2 nitrogen and oxygen atoms in total. The molecule has 25 heavy (non-hydrogen) atoms. The van der Waals surface area contributed by atoms with Gasteiger partial charge < -0.3 is 4.74 Å². The Labute approximate surface area is 161 Å². The van der Waals surface area contributed by atoms with Crippen molar-refractivity contribution in [1.29, 1.82) is 0 Å². The van der Waals surface area contributed by atoms with Crippen molar-refractivity contribution in [1.82, 2.24) is 0 Å². The molecule has 0 aromatic heterocycles. The maximum Gasteiger partial charge on any atom is 0.0876 e. The minimum absolute atomic E-state index is 0.684. The summed E-state index contributed by atoms with van der Waals surface area (Å²) in [6.45, 7) is 2.97. The van der Waals surface area contributed by atoms with Crippen molar-refractivity contribution in [3.05, 3.63) is 0 Å². The van der Waals surface area contributed by atoms with E-state index in [4.69, 9.17) is 4.74 Å². The van der Waals surface area contributed by atoms with Gasteiger partial charge >= 0.3 is 0 Å². The number of hydrogen-bond acceptors (Lipinski definition) is 2. The third-order valence-corrected chi connectivity index (χ3v) is 5.66. The second kappa shape index (κ2) is 21.9. The molecule has 0 aliphatic heterocycles. The van der Waals surface area contributed by atoms with E-state index in [1.807, 2.05) is 0 Å². The van der Waals surface area contributed by atoms with Crippen LogP contribution in [-0.2, 0) is 16.0 Å². The van der Waals surface area contributed by atoms with Gasteiger partial charge in [-0.3, -0.25) is 0 Å². The number of methoxy groups -OCH3 is 1. The van der Waals surface area contributed by atoms with Gasteiger partial charge in [0.15, 0.2) is 0 Å². The molecule has 0 saturated heterocycles. The van der Waals surface area contributed by atoms with Crippen LogP contribution in [0, 0.1) is 0 Å². The molecule has 0 N–H and O–H groups in total. The topological polar surface area (TPSA) is 26.3 Å². The highest BCUT2D eigenvalue weighted by atomic mass is 32.1. The first kappa shape index (κ1) is 24.8. The Bertz CT molecular complexity index is 311. The second-order valence-corrected chi connectivity index (χ2v) is 8.16. The zero-order valence-electron chi connectivity index (χ0n) is 17.2. The lowest BCUT2D eigenvalue weighted by Gasteiger charge is -2.04. The summed E-state index contributed by atoms with van der Waals surface area (Å²) in [5.74, 6) is 0. The normalized spacial score (nSPS) is 11.0. The quantitative estimate of drug-likeness (QED) is 0.169. The summed E-state index contributed by atoms with van der Waals surface area (Å²) in [6, 6.07) is 0. The van der Waals surface area contributed by atoms with E-state index < -0.39 is 0 Å². The summed E-state index contributed by atoms with van der Waals surface area (Å²) in [7, 11) is 1.70. The van der Waals surface area contributed by atoms with Gasteiger partial charge in [0.05, 0.1) is 17.9 Å². The van der Waals surface area contributed by atoms with Gasteiger partial charge in [0.2, 0.25) is 0 Å². The Morgan fingerprint density at radius 1 is 0.640 bits per heavy atom. The first-order chi connectivity index (χ1) is 12.3. The third kappa shape index (κ3) is 20.0. The van der Waals surface area contributed by atoms with Crippen molar-refractivity contribution in [3.63, 3.8) is 0 Å². The first-order valence-corrected chi connectivity index (χ1v) is 11.7. The molecule has 0 bridgehead atoms. The van der Waals surface area contributed by atoms with Crippen LogP contribution in [-0.4, -0.2) is 22.8 Å². The lowest BCUT2D eigenvalue weighted by atomic mass is 10.0. The summed E-state index contributed by atoms with van der Waals surface area (Å²) in [5.41, 5.74) is 0. The van der Waals surface area contributed by atoms with Crippen LogP contribution in [0.2, 0.25) is 0 Å². The van der Waals surface area contributed by atoms with Gasteiger partial charge in [-0.25, -0.2) is 4.21 Å². The van der Waals surface area contributed by atoms with Crippen molar-refractivity contribution >= 4 is 16.1 Å². The van der Waals surface area contributed by atoms with E-state index >= 15 is 0 Å². The molecule has 0 amide bonds. The molecule has 0 aliphatic rings. The summed E-state index contributed by atoms with van der Waals surface area (Å²) in [6.07, 6.45) is 24.1. The van der Waals surface area contributed by atoms with E-state index in [1.165, 1.54) is 103 Å². The van der Waals surface area contributed by atoms with Crippen molar-refractivity contribution in [2.45, 2.75) is 122 Å². The number of unbranched alkanes of at least 4 members (excludes halogenated alkanes) is 15. The maximum absolute atomic E-state index is 11.0. The highest BCUT2D eigenvalue weighted by molar-refractivity contribution is 7.66. The number of ether oxygens (including phenoxy) is 1. The SMILES string of the molecule is CCCCCCCCCCCCCCCCCCC(CCOC)=S=O. The number of hydrogen-bond donors (Lipinski definition) is 0. The lowest BCUT2D eigenvalue weighted by Crippen LogP contribution is -2.02. The fraction of sp³-hybridized carbons (Fsp3) is 0.955. The molecule has 0 heterocycles. The van der Waals surface area contributed by atoms with Crippen LogP contribution in [0.5, 0.6) is 0 Å². The molecule has 0 fully saturated rings. The molecule has 0 aliphatic carbocycles. The molecule has 0 spiro atoms. The summed E-state index contributed by atoms with van der Waals surface area (Å²) >= 11 is 0.684. The standard InChI is InChI=1S/C22H44O2S/c1-3-4-5-6-7-8-9-10-11-12-13-14-15-16-17-18-19-22(25-23)20-21-24-2/h3-21H2,1-2H3. The molecule has 0 rings (SSSR count). The molecule has 0 unspecified atom stereocenters. The lowest BCUT2D eigenvalue weighted by molar-refractivity contribution is 0.207. The molecular weight excluding hydrogens is 328 g/mol. The second-order valence-electron chi connectivity index (χ2n) is 7.42. The van der Waals surface area contributed by atoms with E-state index in [2.05, 4.69) is 6.92 Å². The summed E-state index contributed by atoms with van der Waals surface area (Å²) in [5, 5.41) is 0. The third-order valence-electron chi connectivity index (χ3n) is 5.01.